The lowest BCUT2D eigenvalue weighted by Gasteiger charge is -2.05. The maximum Gasteiger partial charge on any atom is 0.337 e. The van der Waals surface area contributed by atoms with E-state index in [4.69, 9.17) is 19.4 Å². The molecule has 2 aromatic carbocycles. The summed E-state index contributed by atoms with van der Waals surface area (Å²) in [6.07, 6.45) is 0. The Morgan fingerprint density at radius 2 is 1.87 bits per heavy atom. The summed E-state index contributed by atoms with van der Waals surface area (Å²) in [6.45, 7) is 5.68. The van der Waals surface area contributed by atoms with Crippen LogP contribution < -0.4 is 4.80 Å². The first-order valence-electron chi connectivity index (χ1n) is 9.05. The topological polar surface area (TPSA) is 119 Å². The molecule has 0 saturated carbocycles. The number of hydrogen-bond acceptors (Lipinski definition) is 7. The van der Waals surface area contributed by atoms with Crippen LogP contribution in [0.5, 0.6) is 0 Å². The molecule has 0 spiro atoms. The Morgan fingerprint density at radius 3 is 2.43 bits per heavy atom. The summed E-state index contributed by atoms with van der Waals surface area (Å²) in [5.41, 5.74) is 2.41. The van der Waals surface area contributed by atoms with E-state index < -0.39 is 10.1 Å². The van der Waals surface area contributed by atoms with Gasteiger partial charge in [0.25, 0.3) is 10.1 Å². The summed E-state index contributed by atoms with van der Waals surface area (Å²) in [6, 6.07) is 11.3. The van der Waals surface area contributed by atoms with Gasteiger partial charge in [0.1, 0.15) is 0 Å². The molecule has 3 rings (SSSR count). The van der Waals surface area contributed by atoms with Crippen molar-refractivity contribution in [3.63, 3.8) is 0 Å². The van der Waals surface area contributed by atoms with Crippen LogP contribution in [0, 0.1) is 12.3 Å². The Labute approximate surface area is 179 Å². The summed E-state index contributed by atoms with van der Waals surface area (Å²) in [5, 5.41) is 7.97. The zero-order valence-corrected chi connectivity index (χ0v) is 18.5. The lowest BCUT2D eigenvalue weighted by atomic mass is 10.2. The zero-order valence-electron chi connectivity index (χ0n) is 16.9. The van der Waals surface area contributed by atoms with Crippen LogP contribution in [0.4, 0.5) is 0 Å². The van der Waals surface area contributed by atoms with E-state index >= 15 is 0 Å². The van der Waals surface area contributed by atoms with Crippen molar-refractivity contribution in [2.75, 3.05) is 20.3 Å². The minimum absolute atomic E-state index is 0.0666. The molecular weight excluding hydrogens is 428 g/mol. The fourth-order valence-corrected chi connectivity index (χ4v) is 4.02. The smallest absolute Gasteiger partial charge is 0.337 e. The molecule has 0 amide bonds. The SMILES string of the molecule is CCOCCn1c(=N)sc2cc(C(=O)OC)ccc21.Cc1ccc(S(=O)(=O)O)cc1. The van der Waals surface area contributed by atoms with Gasteiger partial charge in [-0.25, -0.2) is 4.79 Å². The molecule has 0 radical (unpaired) electrons. The fraction of sp³-hybridized carbons (Fsp3) is 0.300. The van der Waals surface area contributed by atoms with Gasteiger partial charge < -0.3 is 14.0 Å². The molecule has 2 N–H and O–H groups in total. The molecule has 1 heterocycles. The molecule has 3 aromatic rings. The fourth-order valence-electron chi connectivity index (χ4n) is 2.56. The maximum absolute atomic E-state index is 11.5. The van der Waals surface area contributed by atoms with E-state index in [-0.39, 0.29) is 10.9 Å². The van der Waals surface area contributed by atoms with Crippen molar-refractivity contribution in [1.29, 1.82) is 5.41 Å². The summed E-state index contributed by atoms with van der Waals surface area (Å²) >= 11 is 1.35. The van der Waals surface area contributed by atoms with Gasteiger partial charge in [0.15, 0.2) is 4.80 Å². The Morgan fingerprint density at radius 1 is 1.20 bits per heavy atom. The third-order valence-corrected chi connectivity index (χ3v) is 5.93. The van der Waals surface area contributed by atoms with Gasteiger partial charge in [-0.15, -0.1) is 0 Å². The Hall–Kier alpha value is -2.53. The highest BCUT2D eigenvalue weighted by Crippen LogP contribution is 2.19. The van der Waals surface area contributed by atoms with Crippen LogP contribution in [0.2, 0.25) is 0 Å². The van der Waals surface area contributed by atoms with Gasteiger partial charge in [-0.3, -0.25) is 9.96 Å². The molecule has 0 aliphatic rings. The number of aromatic nitrogens is 1. The van der Waals surface area contributed by atoms with Gasteiger partial charge in [0.2, 0.25) is 0 Å². The number of hydrogen-bond donors (Lipinski definition) is 2. The van der Waals surface area contributed by atoms with Crippen LogP contribution in [0.3, 0.4) is 0 Å². The molecule has 0 fully saturated rings. The molecule has 1 aromatic heterocycles. The van der Waals surface area contributed by atoms with Crippen molar-refractivity contribution >= 4 is 37.6 Å². The first kappa shape index (κ1) is 23.7. The van der Waals surface area contributed by atoms with E-state index in [0.717, 1.165) is 15.8 Å². The molecule has 8 nitrogen and oxygen atoms in total. The average Bonchev–Trinajstić information content (AvgIpc) is 3.02. The van der Waals surface area contributed by atoms with E-state index in [1.807, 2.05) is 24.5 Å². The van der Waals surface area contributed by atoms with Gasteiger partial charge in [0, 0.05) is 13.2 Å². The van der Waals surface area contributed by atoms with Gasteiger partial charge in [-0.1, -0.05) is 29.0 Å². The minimum Gasteiger partial charge on any atom is -0.465 e. The number of fused-ring (bicyclic) bond motifs is 1. The molecule has 10 heteroatoms. The zero-order chi connectivity index (χ0) is 22.3. The predicted molar refractivity (Wildman–Crippen MR) is 114 cm³/mol. The minimum atomic E-state index is -4.02. The number of thiazole rings is 1. The molecule has 0 unspecified atom stereocenters. The largest absolute Gasteiger partial charge is 0.465 e. The van der Waals surface area contributed by atoms with E-state index in [9.17, 15) is 13.2 Å². The van der Waals surface area contributed by atoms with E-state index in [1.165, 1.54) is 30.6 Å². The second-order valence-electron chi connectivity index (χ2n) is 6.22. The predicted octanol–water partition coefficient (Wildman–Crippen LogP) is 3.25. The quantitative estimate of drug-likeness (QED) is 0.337. The van der Waals surface area contributed by atoms with Crippen molar-refractivity contribution in [2.24, 2.45) is 0 Å². The molecular formula is C20H24N2O6S2. The van der Waals surface area contributed by atoms with Crippen molar-refractivity contribution in [3.05, 3.63) is 58.4 Å². The van der Waals surface area contributed by atoms with Crippen molar-refractivity contribution in [3.8, 4) is 0 Å². The van der Waals surface area contributed by atoms with Crippen LogP contribution in [-0.2, 0) is 26.1 Å². The number of carbonyl (C=O) groups is 1. The molecule has 0 bridgehead atoms. The van der Waals surface area contributed by atoms with Gasteiger partial charge in [-0.05, 0) is 44.2 Å². The first-order valence-corrected chi connectivity index (χ1v) is 11.3. The maximum atomic E-state index is 11.5. The number of ether oxygens (including phenoxy) is 2. The van der Waals surface area contributed by atoms with Crippen LogP contribution in [0.25, 0.3) is 10.2 Å². The van der Waals surface area contributed by atoms with E-state index in [1.54, 1.807) is 24.3 Å². The molecule has 0 aliphatic carbocycles. The molecule has 0 atom stereocenters. The van der Waals surface area contributed by atoms with Gasteiger partial charge >= 0.3 is 5.97 Å². The van der Waals surface area contributed by atoms with Crippen LogP contribution in [-0.4, -0.2) is 43.8 Å². The lowest BCUT2D eigenvalue weighted by molar-refractivity contribution is 0.0601. The molecule has 0 aliphatic heterocycles. The van der Waals surface area contributed by atoms with Gasteiger partial charge in [0.05, 0.1) is 34.4 Å². The summed E-state index contributed by atoms with van der Waals surface area (Å²) in [4.78, 5) is 11.9. The van der Waals surface area contributed by atoms with Crippen LogP contribution >= 0.6 is 11.3 Å². The Kier molecular flexibility index (Phi) is 8.30. The van der Waals surface area contributed by atoms with Crippen molar-refractivity contribution in [1.82, 2.24) is 4.57 Å². The number of nitrogens with zero attached hydrogens (tertiary/aromatic N) is 1. The summed E-state index contributed by atoms with van der Waals surface area (Å²) in [5.74, 6) is -0.359. The van der Waals surface area contributed by atoms with Crippen molar-refractivity contribution in [2.45, 2.75) is 25.3 Å². The first-order chi connectivity index (χ1) is 14.2. The second kappa shape index (κ2) is 10.5. The number of esters is 1. The van der Waals surface area contributed by atoms with Crippen LogP contribution in [0.1, 0.15) is 22.8 Å². The van der Waals surface area contributed by atoms with Gasteiger partial charge in [-0.2, -0.15) is 8.42 Å². The number of nitrogens with one attached hydrogen (secondary N) is 1. The third-order valence-electron chi connectivity index (χ3n) is 4.11. The highest BCUT2D eigenvalue weighted by Gasteiger charge is 2.10. The average molecular weight is 453 g/mol. The van der Waals surface area contributed by atoms with Crippen LogP contribution in [0.15, 0.2) is 47.4 Å². The number of methoxy groups -OCH3 is 1. The number of aryl methyl sites for hydroxylation is 1. The Balaban J connectivity index is 0.000000248. The number of carbonyl (C=O) groups excluding carboxylic acids is 1. The molecule has 0 saturated heterocycles. The molecule has 162 valence electrons. The monoisotopic (exact) mass is 452 g/mol. The van der Waals surface area contributed by atoms with E-state index in [2.05, 4.69) is 0 Å². The normalized spacial score (nSPS) is 11.1. The second-order valence-corrected chi connectivity index (χ2v) is 8.67. The standard InChI is InChI=1S/C13H16N2O3S.C7H8O3S/c1-3-18-7-6-15-10-5-4-9(12(16)17-2)8-11(10)19-13(15)14;1-6-2-4-7(5-3-6)11(8,9)10/h4-5,8,14H,3,6-7H2,1-2H3;2-5H,1H3,(H,8,9,10). The Bertz CT molecular complexity index is 1160. The van der Waals surface area contributed by atoms with E-state index in [0.29, 0.717) is 30.1 Å². The molecule has 30 heavy (non-hydrogen) atoms. The lowest BCUT2D eigenvalue weighted by Crippen LogP contribution is -2.16. The highest BCUT2D eigenvalue weighted by atomic mass is 32.2. The third kappa shape index (κ3) is 6.23. The highest BCUT2D eigenvalue weighted by molar-refractivity contribution is 7.85. The summed E-state index contributed by atoms with van der Waals surface area (Å²) in [7, 11) is -2.66. The van der Waals surface area contributed by atoms with Crippen molar-refractivity contribution < 1.29 is 27.2 Å². The number of rotatable bonds is 6. The summed E-state index contributed by atoms with van der Waals surface area (Å²) < 4.78 is 42.4. The number of benzene rings is 2.